The summed E-state index contributed by atoms with van der Waals surface area (Å²) in [6.07, 6.45) is 0.871. The predicted octanol–water partition coefficient (Wildman–Crippen LogP) is 3.42. The number of hydrogen-bond donors (Lipinski definition) is 0. The average molecular weight is 477 g/mol. The largest absolute Gasteiger partial charge is 0.494 e. The molecule has 2 aromatic rings. The van der Waals surface area contributed by atoms with Crippen molar-refractivity contribution in [2.24, 2.45) is 0 Å². The van der Waals surface area contributed by atoms with Gasteiger partial charge < -0.3 is 19.1 Å². The summed E-state index contributed by atoms with van der Waals surface area (Å²) in [5.74, 6) is 1.62. The van der Waals surface area contributed by atoms with Crippen molar-refractivity contribution >= 4 is 15.9 Å². The monoisotopic (exact) mass is 476 g/mol. The highest BCUT2D eigenvalue weighted by Crippen LogP contribution is 2.29. The van der Waals surface area contributed by atoms with Crippen LogP contribution in [0, 0.1) is 0 Å². The smallest absolute Gasteiger partial charge is 0.254 e. The molecule has 0 N–H and O–H groups in total. The van der Waals surface area contributed by atoms with Crippen molar-refractivity contribution in [3.8, 4) is 17.2 Å². The Morgan fingerprint density at radius 3 is 2.12 bits per heavy atom. The summed E-state index contributed by atoms with van der Waals surface area (Å²) in [6.45, 7) is 8.41. The van der Waals surface area contributed by atoms with E-state index in [0.717, 1.165) is 6.42 Å². The second-order valence-corrected chi connectivity index (χ2v) is 9.48. The van der Waals surface area contributed by atoms with Crippen LogP contribution in [-0.4, -0.2) is 69.5 Å². The predicted molar refractivity (Wildman–Crippen MR) is 126 cm³/mol. The van der Waals surface area contributed by atoms with Crippen LogP contribution in [0.2, 0.25) is 0 Å². The Balaban J connectivity index is 1.66. The van der Waals surface area contributed by atoms with Crippen LogP contribution in [0.1, 0.15) is 37.6 Å². The molecular weight excluding hydrogens is 444 g/mol. The van der Waals surface area contributed by atoms with Crippen molar-refractivity contribution in [3.63, 3.8) is 0 Å². The van der Waals surface area contributed by atoms with E-state index in [-0.39, 0.29) is 23.9 Å². The number of rotatable bonds is 10. The number of sulfonamides is 1. The van der Waals surface area contributed by atoms with Crippen molar-refractivity contribution in [3.05, 3.63) is 48.0 Å². The number of carbonyl (C=O) groups is 1. The van der Waals surface area contributed by atoms with Gasteiger partial charge in [0.05, 0.1) is 24.7 Å². The molecule has 0 unspecified atom stereocenters. The Morgan fingerprint density at radius 2 is 1.52 bits per heavy atom. The van der Waals surface area contributed by atoms with Crippen molar-refractivity contribution in [1.82, 2.24) is 9.21 Å². The number of nitrogens with zero attached hydrogens (tertiary/aromatic N) is 2. The first kappa shape index (κ1) is 24.9. The van der Waals surface area contributed by atoms with Gasteiger partial charge in [-0.15, -0.1) is 0 Å². The molecule has 180 valence electrons. The van der Waals surface area contributed by atoms with E-state index >= 15 is 0 Å². The summed E-state index contributed by atoms with van der Waals surface area (Å²) in [4.78, 5) is 14.9. The van der Waals surface area contributed by atoms with Gasteiger partial charge in [0.25, 0.3) is 5.91 Å². The van der Waals surface area contributed by atoms with E-state index in [0.29, 0.717) is 55.7 Å². The molecule has 1 heterocycles. The molecule has 8 nitrogen and oxygen atoms in total. The van der Waals surface area contributed by atoms with E-state index in [4.69, 9.17) is 14.2 Å². The molecule has 9 heteroatoms. The minimum atomic E-state index is -3.63. The maximum absolute atomic E-state index is 13.1. The van der Waals surface area contributed by atoms with Gasteiger partial charge in [-0.25, -0.2) is 8.42 Å². The molecule has 3 rings (SSSR count). The summed E-state index contributed by atoms with van der Waals surface area (Å²) in [7, 11) is -3.63. The van der Waals surface area contributed by atoms with Gasteiger partial charge in [-0.2, -0.15) is 4.31 Å². The van der Waals surface area contributed by atoms with Crippen molar-refractivity contribution in [2.75, 3.05) is 46.0 Å². The zero-order chi connectivity index (χ0) is 23.8. The lowest BCUT2D eigenvalue weighted by Crippen LogP contribution is -2.50. The van der Waals surface area contributed by atoms with Gasteiger partial charge in [0, 0.05) is 31.7 Å². The molecule has 2 aromatic carbocycles. The molecular formula is C24H32N2O6S. The maximum atomic E-state index is 13.1. The highest BCUT2D eigenvalue weighted by molar-refractivity contribution is 7.89. The highest BCUT2D eigenvalue weighted by atomic mass is 32.2. The highest BCUT2D eigenvalue weighted by Gasteiger charge is 2.30. The van der Waals surface area contributed by atoms with Crippen LogP contribution >= 0.6 is 0 Å². The van der Waals surface area contributed by atoms with Crippen LogP contribution in [0.3, 0.4) is 0 Å². The first-order chi connectivity index (χ1) is 15.9. The quantitative estimate of drug-likeness (QED) is 0.522. The Hall–Kier alpha value is -2.78. The zero-order valence-corrected chi connectivity index (χ0v) is 20.3. The normalized spacial score (nSPS) is 14.7. The minimum Gasteiger partial charge on any atom is -0.494 e. The standard InChI is InChI=1S/C24H32N2O6S/c1-4-17-32-22-12-7-19(18-23(22)31-6-3)24(27)25-13-15-26(16-14-25)33(28,29)21-10-8-20(9-11-21)30-5-2/h7-12,18H,4-6,13-17H2,1-3H3. The third kappa shape index (κ3) is 5.97. The molecule has 1 saturated heterocycles. The third-order valence-corrected chi connectivity index (χ3v) is 7.16. The summed E-state index contributed by atoms with van der Waals surface area (Å²) >= 11 is 0. The molecule has 1 fully saturated rings. The average Bonchev–Trinajstić information content (AvgIpc) is 2.83. The lowest BCUT2D eigenvalue weighted by atomic mass is 10.1. The second-order valence-electron chi connectivity index (χ2n) is 7.54. The van der Waals surface area contributed by atoms with Crippen LogP contribution in [-0.2, 0) is 10.0 Å². The summed E-state index contributed by atoms with van der Waals surface area (Å²) in [5, 5.41) is 0. The van der Waals surface area contributed by atoms with E-state index in [2.05, 4.69) is 0 Å². The van der Waals surface area contributed by atoms with Crippen molar-refractivity contribution in [1.29, 1.82) is 0 Å². The maximum Gasteiger partial charge on any atom is 0.254 e. The molecule has 0 spiro atoms. The van der Waals surface area contributed by atoms with Gasteiger partial charge >= 0.3 is 0 Å². The molecule has 0 radical (unpaired) electrons. The molecule has 1 aliphatic heterocycles. The summed E-state index contributed by atoms with van der Waals surface area (Å²) in [6, 6.07) is 11.6. The van der Waals surface area contributed by atoms with Gasteiger partial charge in [-0.05, 0) is 62.7 Å². The van der Waals surface area contributed by atoms with Crippen molar-refractivity contribution < 1.29 is 27.4 Å². The third-order valence-electron chi connectivity index (χ3n) is 5.25. The molecule has 0 aliphatic carbocycles. The van der Waals surface area contributed by atoms with Crippen molar-refractivity contribution in [2.45, 2.75) is 32.1 Å². The van der Waals surface area contributed by atoms with Gasteiger partial charge in [-0.3, -0.25) is 4.79 Å². The first-order valence-electron chi connectivity index (χ1n) is 11.3. The van der Waals surface area contributed by atoms with E-state index in [9.17, 15) is 13.2 Å². The van der Waals surface area contributed by atoms with Crippen LogP contribution in [0.25, 0.3) is 0 Å². The van der Waals surface area contributed by atoms with E-state index < -0.39 is 10.0 Å². The van der Waals surface area contributed by atoms with Gasteiger partial charge in [0.15, 0.2) is 11.5 Å². The first-order valence-corrected chi connectivity index (χ1v) is 12.8. The fraction of sp³-hybridized carbons (Fsp3) is 0.458. The lowest BCUT2D eigenvalue weighted by molar-refractivity contribution is 0.0697. The number of amides is 1. The number of hydrogen-bond acceptors (Lipinski definition) is 6. The number of carbonyl (C=O) groups excluding carboxylic acids is 1. The van der Waals surface area contributed by atoms with Gasteiger partial charge in [0.2, 0.25) is 10.0 Å². The fourth-order valence-electron chi connectivity index (χ4n) is 3.58. The van der Waals surface area contributed by atoms with Crippen LogP contribution in [0.4, 0.5) is 0 Å². The van der Waals surface area contributed by atoms with Crippen LogP contribution < -0.4 is 14.2 Å². The fourth-order valence-corrected chi connectivity index (χ4v) is 5.00. The Bertz CT molecular complexity index is 1030. The molecule has 1 aliphatic rings. The molecule has 0 aromatic heterocycles. The van der Waals surface area contributed by atoms with Gasteiger partial charge in [-0.1, -0.05) is 6.92 Å². The van der Waals surface area contributed by atoms with E-state index in [1.54, 1.807) is 47.4 Å². The molecule has 0 saturated carbocycles. The second kappa shape index (κ2) is 11.4. The summed E-state index contributed by atoms with van der Waals surface area (Å²) < 4.78 is 44.1. The Kier molecular flexibility index (Phi) is 8.57. The number of benzene rings is 2. The molecule has 0 bridgehead atoms. The molecule has 1 amide bonds. The van der Waals surface area contributed by atoms with Gasteiger partial charge in [0.1, 0.15) is 5.75 Å². The van der Waals surface area contributed by atoms with Crippen LogP contribution in [0.15, 0.2) is 47.4 Å². The van der Waals surface area contributed by atoms with E-state index in [1.165, 1.54) is 4.31 Å². The number of piperazine rings is 1. The lowest BCUT2D eigenvalue weighted by Gasteiger charge is -2.34. The number of ether oxygens (including phenoxy) is 3. The van der Waals surface area contributed by atoms with Crippen LogP contribution in [0.5, 0.6) is 17.2 Å². The minimum absolute atomic E-state index is 0.156. The van der Waals surface area contributed by atoms with E-state index in [1.807, 2.05) is 20.8 Å². The topological polar surface area (TPSA) is 85.4 Å². The zero-order valence-electron chi connectivity index (χ0n) is 19.5. The SMILES string of the molecule is CCCOc1ccc(C(=O)N2CCN(S(=O)(=O)c3ccc(OCC)cc3)CC2)cc1OCC. The Labute approximate surface area is 196 Å². The molecule has 33 heavy (non-hydrogen) atoms. The Morgan fingerprint density at radius 1 is 0.848 bits per heavy atom. The molecule has 0 atom stereocenters. The summed E-state index contributed by atoms with van der Waals surface area (Å²) in [5.41, 5.74) is 0.491.